The van der Waals surface area contributed by atoms with Gasteiger partial charge in [0.1, 0.15) is 11.5 Å². The summed E-state index contributed by atoms with van der Waals surface area (Å²) >= 11 is 6.02. The van der Waals surface area contributed by atoms with Gasteiger partial charge in [-0.1, -0.05) is 0 Å². The van der Waals surface area contributed by atoms with Crippen molar-refractivity contribution in [3.8, 4) is 11.5 Å². The summed E-state index contributed by atoms with van der Waals surface area (Å²) in [5.41, 5.74) is 1.31. The van der Waals surface area contributed by atoms with Gasteiger partial charge in [-0.05, 0) is 31.0 Å². The van der Waals surface area contributed by atoms with Gasteiger partial charge in [-0.2, -0.15) is 0 Å². The van der Waals surface area contributed by atoms with Crippen LogP contribution in [0.5, 0.6) is 11.5 Å². The lowest BCUT2D eigenvalue weighted by Crippen LogP contribution is -2.10. The van der Waals surface area contributed by atoms with Crippen LogP contribution >= 0.6 is 11.6 Å². The van der Waals surface area contributed by atoms with Crippen LogP contribution in [0, 0.1) is 0 Å². The molecule has 1 aliphatic rings. The maximum absolute atomic E-state index is 6.02. The van der Waals surface area contributed by atoms with E-state index in [1.54, 1.807) is 14.2 Å². The molecule has 1 aliphatic carbocycles. The van der Waals surface area contributed by atoms with Crippen molar-refractivity contribution in [3.63, 3.8) is 0 Å². The molecule has 1 fully saturated rings. The average molecular weight is 227 g/mol. The lowest BCUT2D eigenvalue weighted by Gasteiger charge is -2.17. The number of benzene rings is 1. The van der Waals surface area contributed by atoms with Crippen molar-refractivity contribution >= 4 is 11.6 Å². The fraction of sp³-hybridized carbons (Fsp3) is 0.500. The Morgan fingerprint density at radius 2 is 2.00 bits per heavy atom. The quantitative estimate of drug-likeness (QED) is 0.735. The maximum atomic E-state index is 6.02. The Morgan fingerprint density at radius 1 is 1.27 bits per heavy atom. The number of hydrogen-bond donors (Lipinski definition) is 0. The summed E-state index contributed by atoms with van der Waals surface area (Å²) in [5.74, 6) is 2.42. The standard InChI is InChI=1S/C12H15ClO2/c1-14-9-3-4-11(15-2)10(7-9)12(8-13)5-6-12/h3-4,7H,5-6,8H2,1-2H3. The highest BCUT2D eigenvalue weighted by molar-refractivity contribution is 6.19. The van der Waals surface area contributed by atoms with Gasteiger partial charge in [0, 0.05) is 16.9 Å². The molecular weight excluding hydrogens is 212 g/mol. The summed E-state index contributed by atoms with van der Waals surface area (Å²) in [5, 5.41) is 0. The Balaban J connectivity index is 2.42. The highest BCUT2D eigenvalue weighted by atomic mass is 35.5. The van der Waals surface area contributed by atoms with Gasteiger partial charge >= 0.3 is 0 Å². The van der Waals surface area contributed by atoms with E-state index in [0.717, 1.165) is 24.3 Å². The molecule has 0 radical (unpaired) electrons. The van der Waals surface area contributed by atoms with E-state index in [0.29, 0.717) is 5.88 Å². The second kappa shape index (κ2) is 3.93. The van der Waals surface area contributed by atoms with Crippen LogP contribution in [0.15, 0.2) is 18.2 Å². The molecule has 1 saturated carbocycles. The van der Waals surface area contributed by atoms with Gasteiger partial charge in [-0.25, -0.2) is 0 Å². The van der Waals surface area contributed by atoms with Crippen LogP contribution in [0.25, 0.3) is 0 Å². The predicted octanol–water partition coefficient (Wildman–Crippen LogP) is 2.97. The highest BCUT2D eigenvalue weighted by Crippen LogP contribution is 2.52. The smallest absolute Gasteiger partial charge is 0.122 e. The first-order chi connectivity index (χ1) is 7.25. The fourth-order valence-electron chi connectivity index (χ4n) is 1.85. The zero-order valence-corrected chi connectivity index (χ0v) is 9.80. The van der Waals surface area contributed by atoms with E-state index in [4.69, 9.17) is 21.1 Å². The minimum Gasteiger partial charge on any atom is -0.497 e. The molecule has 2 rings (SSSR count). The van der Waals surface area contributed by atoms with E-state index < -0.39 is 0 Å². The molecule has 2 nitrogen and oxygen atoms in total. The van der Waals surface area contributed by atoms with Crippen LogP contribution in [0.2, 0.25) is 0 Å². The van der Waals surface area contributed by atoms with Gasteiger partial charge in [0.2, 0.25) is 0 Å². The van der Waals surface area contributed by atoms with Crippen LogP contribution in [-0.4, -0.2) is 20.1 Å². The van der Waals surface area contributed by atoms with Crippen molar-refractivity contribution in [2.24, 2.45) is 0 Å². The van der Waals surface area contributed by atoms with Gasteiger partial charge in [0.05, 0.1) is 14.2 Å². The molecule has 0 saturated heterocycles. The number of hydrogen-bond acceptors (Lipinski definition) is 2. The minimum atomic E-state index is 0.126. The van der Waals surface area contributed by atoms with Gasteiger partial charge < -0.3 is 9.47 Å². The van der Waals surface area contributed by atoms with Crippen LogP contribution in [0.4, 0.5) is 0 Å². The van der Waals surface area contributed by atoms with E-state index >= 15 is 0 Å². The molecule has 15 heavy (non-hydrogen) atoms. The topological polar surface area (TPSA) is 18.5 Å². The van der Waals surface area contributed by atoms with Gasteiger partial charge in [0.25, 0.3) is 0 Å². The monoisotopic (exact) mass is 226 g/mol. The molecule has 1 aromatic rings. The summed E-state index contributed by atoms with van der Waals surface area (Å²) in [7, 11) is 3.36. The van der Waals surface area contributed by atoms with E-state index in [9.17, 15) is 0 Å². The number of methoxy groups -OCH3 is 2. The largest absolute Gasteiger partial charge is 0.497 e. The van der Waals surface area contributed by atoms with Crippen LogP contribution in [0.1, 0.15) is 18.4 Å². The van der Waals surface area contributed by atoms with Crippen molar-refractivity contribution < 1.29 is 9.47 Å². The van der Waals surface area contributed by atoms with E-state index in [-0.39, 0.29) is 5.41 Å². The second-order valence-corrected chi connectivity index (χ2v) is 4.25. The van der Waals surface area contributed by atoms with Crippen molar-refractivity contribution in [1.29, 1.82) is 0 Å². The van der Waals surface area contributed by atoms with Gasteiger partial charge in [0.15, 0.2) is 0 Å². The zero-order valence-electron chi connectivity index (χ0n) is 9.05. The fourth-order valence-corrected chi connectivity index (χ4v) is 2.27. The summed E-state index contributed by atoms with van der Waals surface area (Å²) < 4.78 is 10.6. The lowest BCUT2D eigenvalue weighted by molar-refractivity contribution is 0.395. The Kier molecular flexibility index (Phi) is 2.79. The molecule has 0 N–H and O–H groups in total. The lowest BCUT2D eigenvalue weighted by atomic mass is 9.97. The minimum absolute atomic E-state index is 0.126. The molecule has 3 heteroatoms. The molecule has 0 unspecified atom stereocenters. The first-order valence-electron chi connectivity index (χ1n) is 5.04. The summed E-state index contributed by atoms with van der Waals surface area (Å²) in [4.78, 5) is 0. The van der Waals surface area contributed by atoms with Crippen LogP contribution < -0.4 is 9.47 Å². The van der Waals surface area contributed by atoms with E-state index in [1.165, 1.54) is 5.56 Å². The zero-order chi connectivity index (χ0) is 10.9. The summed E-state index contributed by atoms with van der Waals surface area (Å²) in [6, 6.07) is 5.89. The number of rotatable bonds is 4. The van der Waals surface area contributed by atoms with Gasteiger partial charge in [-0.15, -0.1) is 11.6 Å². The Bertz CT molecular complexity index is 359. The Labute approximate surface area is 95.1 Å². The predicted molar refractivity (Wildman–Crippen MR) is 61.2 cm³/mol. The SMILES string of the molecule is COc1ccc(OC)c(C2(CCl)CC2)c1. The Hall–Kier alpha value is -0.890. The van der Waals surface area contributed by atoms with Crippen LogP contribution in [-0.2, 0) is 5.41 Å². The molecule has 0 spiro atoms. The molecule has 0 heterocycles. The van der Waals surface area contributed by atoms with E-state index in [2.05, 4.69) is 0 Å². The number of ether oxygens (including phenoxy) is 2. The van der Waals surface area contributed by atoms with Crippen molar-refractivity contribution in [1.82, 2.24) is 0 Å². The van der Waals surface area contributed by atoms with Crippen LogP contribution in [0.3, 0.4) is 0 Å². The summed E-state index contributed by atoms with van der Waals surface area (Å²) in [6.45, 7) is 0. The molecule has 0 aromatic heterocycles. The van der Waals surface area contributed by atoms with Gasteiger partial charge in [-0.3, -0.25) is 0 Å². The first kappa shape index (κ1) is 10.6. The molecule has 0 atom stereocenters. The molecule has 82 valence electrons. The van der Waals surface area contributed by atoms with Crippen molar-refractivity contribution in [2.45, 2.75) is 18.3 Å². The van der Waals surface area contributed by atoms with Crippen molar-refractivity contribution in [2.75, 3.05) is 20.1 Å². The molecule has 1 aromatic carbocycles. The Morgan fingerprint density at radius 3 is 2.47 bits per heavy atom. The normalized spacial score (nSPS) is 17.3. The molecule has 0 aliphatic heterocycles. The highest BCUT2D eigenvalue weighted by Gasteiger charge is 2.45. The third-order valence-corrected chi connectivity index (χ3v) is 3.60. The second-order valence-electron chi connectivity index (χ2n) is 3.98. The summed E-state index contributed by atoms with van der Waals surface area (Å²) in [6.07, 6.45) is 2.28. The maximum Gasteiger partial charge on any atom is 0.122 e. The van der Waals surface area contributed by atoms with Crippen molar-refractivity contribution in [3.05, 3.63) is 23.8 Å². The molecule has 0 amide bonds. The van der Waals surface area contributed by atoms with E-state index in [1.807, 2.05) is 18.2 Å². The third-order valence-electron chi connectivity index (χ3n) is 3.09. The third kappa shape index (κ3) is 1.78. The molecule has 0 bridgehead atoms. The number of halogens is 1. The number of alkyl halides is 1. The first-order valence-corrected chi connectivity index (χ1v) is 5.58. The molecular formula is C12H15ClO2. The average Bonchev–Trinajstić information content (AvgIpc) is 3.09.